The van der Waals surface area contributed by atoms with Crippen LogP contribution in [0.4, 0.5) is 0 Å². The molecule has 3 nitrogen and oxygen atoms in total. The summed E-state index contributed by atoms with van der Waals surface area (Å²) in [6.45, 7) is 5.69. The number of pyridine rings is 1. The Hall–Kier alpha value is -0.640. The average molecular weight is 230 g/mol. The molecule has 0 aromatic carbocycles. The van der Waals surface area contributed by atoms with Gasteiger partial charge in [0.25, 0.3) is 0 Å². The van der Waals surface area contributed by atoms with Crippen molar-refractivity contribution in [3.8, 4) is 0 Å². The van der Waals surface area contributed by atoms with Crippen molar-refractivity contribution in [1.82, 2.24) is 4.98 Å². The first-order chi connectivity index (χ1) is 6.94. The second kappa shape index (κ2) is 4.92. The molecule has 1 aromatic rings. The molecule has 0 amide bonds. The first-order valence-electron chi connectivity index (χ1n) is 4.79. The Morgan fingerprint density at radius 2 is 2.13 bits per heavy atom. The van der Waals surface area contributed by atoms with E-state index in [0.29, 0.717) is 5.15 Å². The third kappa shape index (κ3) is 3.78. The first kappa shape index (κ1) is 12.4. The Balaban J connectivity index is 2.73. The summed E-state index contributed by atoms with van der Waals surface area (Å²) in [6.07, 6.45) is 1.58. The lowest BCUT2D eigenvalue weighted by atomic mass is 10.2. The molecule has 1 unspecified atom stereocenters. The van der Waals surface area contributed by atoms with Crippen molar-refractivity contribution in [2.24, 2.45) is 0 Å². The molecule has 0 fully saturated rings. The largest absolute Gasteiger partial charge is 0.354 e. The fourth-order valence-corrected chi connectivity index (χ4v) is 1.39. The molecule has 4 heteroatoms. The summed E-state index contributed by atoms with van der Waals surface area (Å²) >= 11 is 5.80. The predicted octanol–water partition coefficient (Wildman–Crippen LogP) is 3.20. The summed E-state index contributed by atoms with van der Waals surface area (Å²) in [4.78, 5) is 3.92. The van der Waals surface area contributed by atoms with E-state index < -0.39 is 5.79 Å². The van der Waals surface area contributed by atoms with Crippen molar-refractivity contribution in [1.29, 1.82) is 0 Å². The second-order valence-corrected chi connectivity index (χ2v) is 4.16. The zero-order valence-electron chi connectivity index (χ0n) is 9.45. The third-order valence-electron chi connectivity index (χ3n) is 2.17. The number of methoxy groups -OCH3 is 1. The highest BCUT2D eigenvalue weighted by atomic mass is 35.5. The number of hydrogen-bond acceptors (Lipinski definition) is 3. The van der Waals surface area contributed by atoms with E-state index in [1.54, 1.807) is 19.4 Å². The molecule has 0 aliphatic carbocycles. The van der Waals surface area contributed by atoms with Crippen molar-refractivity contribution in [2.75, 3.05) is 7.11 Å². The van der Waals surface area contributed by atoms with Gasteiger partial charge >= 0.3 is 0 Å². The predicted molar refractivity (Wildman–Crippen MR) is 59.8 cm³/mol. The van der Waals surface area contributed by atoms with Crippen molar-refractivity contribution in [3.05, 3.63) is 29.0 Å². The van der Waals surface area contributed by atoms with Crippen molar-refractivity contribution >= 4 is 11.6 Å². The van der Waals surface area contributed by atoms with Crippen LogP contribution in [0.25, 0.3) is 0 Å². The molecule has 1 heterocycles. The van der Waals surface area contributed by atoms with Gasteiger partial charge in [-0.25, -0.2) is 4.98 Å². The Kier molecular flexibility index (Phi) is 4.08. The van der Waals surface area contributed by atoms with Gasteiger partial charge in [0.05, 0.1) is 6.10 Å². The van der Waals surface area contributed by atoms with Gasteiger partial charge in [0.2, 0.25) is 0 Å². The minimum atomic E-state index is -0.602. The van der Waals surface area contributed by atoms with Gasteiger partial charge in [0.1, 0.15) is 5.15 Å². The van der Waals surface area contributed by atoms with E-state index in [1.807, 2.05) is 26.8 Å². The molecular formula is C11H16ClNO2. The molecular weight excluding hydrogens is 214 g/mol. The summed E-state index contributed by atoms with van der Waals surface area (Å²) in [6, 6.07) is 3.67. The van der Waals surface area contributed by atoms with E-state index in [9.17, 15) is 0 Å². The summed E-state index contributed by atoms with van der Waals surface area (Å²) in [7, 11) is 1.62. The van der Waals surface area contributed by atoms with Crippen LogP contribution in [0.5, 0.6) is 0 Å². The molecule has 0 N–H and O–H groups in total. The number of nitrogens with zero attached hydrogens (tertiary/aromatic N) is 1. The molecule has 0 aliphatic heterocycles. The molecule has 1 rings (SSSR count). The molecule has 1 aromatic heterocycles. The van der Waals surface area contributed by atoms with Crippen LogP contribution in [0.3, 0.4) is 0 Å². The van der Waals surface area contributed by atoms with E-state index in [4.69, 9.17) is 21.1 Å². The van der Waals surface area contributed by atoms with Crippen LogP contribution in [0.1, 0.15) is 32.4 Å². The highest BCUT2D eigenvalue weighted by Crippen LogP contribution is 2.24. The minimum absolute atomic E-state index is 0.0829. The highest BCUT2D eigenvalue weighted by Gasteiger charge is 2.21. The zero-order valence-corrected chi connectivity index (χ0v) is 10.2. The maximum absolute atomic E-state index is 5.80. The van der Waals surface area contributed by atoms with Crippen LogP contribution in [0.15, 0.2) is 18.3 Å². The quantitative estimate of drug-likeness (QED) is 0.587. The summed E-state index contributed by atoms with van der Waals surface area (Å²) < 4.78 is 10.9. The minimum Gasteiger partial charge on any atom is -0.354 e. The van der Waals surface area contributed by atoms with Gasteiger partial charge in [-0.2, -0.15) is 0 Å². The van der Waals surface area contributed by atoms with Crippen LogP contribution < -0.4 is 0 Å². The van der Waals surface area contributed by atoms with Crippen LogP contribution >= 0.6 is 11.6 Å². The van der Waals surface area contributed by atoms with Gasteiger partial charge in [0.15, 0.2) is 5.79 Å². The smallest absolute Gasteiger partial charge is 0.163 e. The number of halogens is 1. The van der Waals surface area contributed by atoms with Gasteiger partial charge in [-0.05, 0) is 38.5 Å². The van der Waals surface area contributed by atoms with Crippen LogP contribution in [-0.2, 0) is 9.47 Å². The number of aromatic nitrogens is 1. The maximum Gasteiger partial charge on any atom is 0.163 e. The molecule has 84 valence electrons. The van der Waals surface area contributed by atoms with Gasteiger partial charge < -0.3 is 9.47 Å². The van der Waals surface area contributed by atoms with Gasteiger partial charge in [-0.15, -0.1) is 0 Å². The number of ether oxygens (including phenoxy) is 2. The van der Waals surface area contributed by atoms with E-state index in [2.05, 4.69) is 4.98 Å². The average Bonchev–Trinajstić information content (AvgIpc) is 2.17. The Morgan fingerprint density at radius 3 is 2.67 bits per heavy atom. The van der Waals surface area contributed by atoms with Gasteiger partial charge in [-0.3, -0.25) is 0 Å². The first-order valence-corrected chi connectivity index (χ1v) is 5.17. The zero-order chi connectivity index (χ0) is 11.5. The van der Waals surface area contributed by atoms with E-state index in [0.717, 1.165) is 5.56 Å². The van der Waals surface area contributed by atoms with E-state index >= 15 is 0 Å². The number of rotatable bonds is 4. The lowest BCUT2D eigenvalue weighted by Crippen LogP contribution is -2.28. The highest BCUT2D eigenvalue weighted by molar-refractivity contribution is 6.29. The third-order valence-corrected chi connectivity index (χ3v) is 2.38. The van der Waals surface area contributed by atoms with Gasteiger partial charge in [0, 0.05) is 13.3 Å². The lowest BCUT2D eigenvalue weighted by molar-refractivity contribution is -0.221. The van der Waals surface area contributed by atoms with Crippen LogP contribution in [-0.4, -0.2) is 17.9 Å². The Bertz CT molecular complexity index is 328. The summed E-state index contributed by atoms with van der Waals surface area (Å²) in [5.74, 6) is -0.602. The van der Waals surface area contributed by atoms with E-state index in [-0.39, 0.29) is 6.10 Å². The number of hydrogen-bond donors (Lipinski definition) is 0. The molecule has 15 heavy (non-hydrogen) atoms. The summed E-state index contributed by atoms with van der Waals surface area (Å²) in [5.41, 5.74) is 0.986. The molecule has 1 atom stereocenters. The molecule has 0 bridgehead atoms. The Morgan fingerprint density at radius 1 is 1.47 bits per heavy atom. The fourth-order valence-electron chi connectivity index (χ4n) is 1.21. The SMILES string of the molecule is COC(C)(C)OC(C)c1ccnc(Cl)c1. The molecule has 0 saturated heterocycles. The second-order valence-electron chi connectivity index (χ2n) is 3.78. The Labute approximate surface area is 95.4 Å². The lowest BCUT2D eigenvalue weighted by Gasteiger charge is -2.27. The maximum atomic E-state index is 5.80. The summed E-state index contributed by atoms with van der Waals surface area (Å²) in [5, 5.41) is 0.471. The van der Waals surface area contributed by atoms with Gasteiger partial charge in [-0.1, -0.05) is 11.6 Å². The topological polar surface area (TPSA) is 31.4 Å². The van der Waals surface area contributed by atoms with Crippen molar-refractivity contribution in [2.45, 2.75) is 32.7 Å². The fraction of sp³-hybridized carbons (Fsp3) is 0.545. The monoisotopic (exact) mass is 229 g/mol. The normalized spacial score (nSPS) is 13.9. The van der Waals surface area contributed by atoms with Crippen molar-refractivity contribution < 1.29 is 9.47 Å². The van der Waals surface area contributed by atoms with Crippen LogP contribution in [0, 0.1) is 0 Å². The van der Waals surface area contributed by atoms with Crippen molar-refractivity contribution in [3.63, 3.8) is 0 Å². The molecule has 0 radical (unpaired) electrons. The molecule has 0 saturated carbocycles. The van der Waals surface area contributed by atoms with Crippen LogP contribution in [0.2, 0.25) is 5.15 Å². The van der Waals surface area contributed by atoms with E-state index in [1.165, 1.54) is 0 Å². The molecule has 0 spiro atoms. The standard InChI is InChI=1S/C11H16ClNO2/c1-8(15-11(2,3)14-4)9-5-6-13-10(12)7-9/h5-8H,1-4H3. The molecule has 0 aliphatic rings.